The smallest absolute Gasteiger partial charge is 0.251 e. The monoisotopic (exact) mass is 327 g/mol. The molecule has 1 fully saturated rings. The summed E-state index contributed by atoms with van der Waals surface area (Å²) in [5.41, 5.74) is 1.68. The van der Waals surface area contributed by atoms with Crippen molar-refractivity contribution >= 4 is 5.91 Å². The number of pyridine rings is 1. The van der Waals surface area contributed by atoms with Crippen molar-refractivity contribution in [3.05, 3.63) is 65.7 Å². The van der Waals surface area contributed by atoms with Gasteiger partial charge in [-0.3, -0.25) is 4.79 Å². The topological polar surface area (TPSA) is 45.2 Å². The molecule has 2 heterocycles. The average molecular weight is 327 g/mol. The van der Waals surface area contributed by atoms with Gasteiger partial charge in [0, 0.05) is 37.5 Å². The van der Waals surface area contributed by atoms with Crippen molar-refractivity contribution in [2.24, 2.45) is 5.92 Å². The van der Waals surface area contributed by atoms with Crippen LogP contribution in [0.3, 0.4) is 0 Å². The third-order valence-corrected chi connectivity index (χ3v) is 4.47. The molecule has 0 aliphatic carbocycles. The zero-order valence-electron chi connectivity index (χ0n) is 13.6. The van der Waals surface area contributed by atoms with Crippen molar-refractivity contribution in [1.29, 1.82) is 0 Å². The first-order chi connectivity index (χ1) is 11.7. The van der Waals surface area contributed by atoms with Crippen LogP contribution in [0.4, 0.5) is 4.39 Å². The molecule has 4 nitrogen and oxygen atoms in total. The maximum Gasteiger partial charge on any atom is 0.251 e. The number of halogens is 1. The molecule has 1 amide bonds. The number of nitrogens with zero attached hydrogens (tertiary/aromatic N) is 2. The van der Waals surface area contributed by atoms with Crippen LogP contribution in [0.5, 0.6) is 0 Å². The van der Waals surface area contributed by atoms with Crippen molar-refractivity contribution in [2.75, 3.05) is 26.2 Å². The van der Waals surface area contributed by atoms with Crippen molar-refractivity contribution in [2.45, 2.75) is 12.8 Å². The normalized spacial score (nSPS) is 17.8. The Hall–Kier alpha value is -2.27. The van der Waals surface area contributed by atoms with Gasteiger partial charge in [0.25, 0.3) is 5.91 Å². The molecule has 1 unspecified atom stereocenters. The minimum atomic E-state index is -0.629. The van der Waals surface area contributed by atoms with Gasteiger partial charge in [-0.1, -0.05) is 30.3 Å². The Labute approximate surface area is 141 Å². The molecule has 0 radical (unpaired) electrons. The summed E-state index contributed by atoms with van der Waals surface area (Å²) < 4.78 is 13.0. The maximum absolute atomic E-state index is 13.0. The van der Waals surface area contributed by atoms with Crippen molar-refractivity contribution < 1.29 is 9.18 Å². The second-order valence-electron chi connectivity index (χ2n) is 6.27. The minimum absolute atomic E-state index is 0.237. The average Bonchev–Trinajstić information content (AvgIpc) is 3.07. The van der Waals surface area contributed by atoms with E-state index in [9.17, 15) is 9.18 Å². The molecule has 1 saturated heterocycles. The summed E-state index contributed by atoms with van der Waals surface area (Å²) >= 11 is 0. The number of hydrogen-bond acceptors (Lipinski definition) is 3. The van der Waals surface area contributed by atoms with E-state index in [0.29, 0.717) is 18.0 Å². The molecule has 0 spiro atoms. The summed E-state index contributed by atoms with van der Waals surface area (Å²) in [6.45, 7) is 3.74. The highest BCUT2D eigenvalue weighted by Crippen LogP contribution is 2.16. The molecule has 1 aliphatic rings. The number of nitrogens with one attached hydrogen (secondary N) is 1. The number of benzene rings is 1. The van der Waals surface area contributed by atoms with Crippen LogP contribution in [0.2, 0.25) is 0 Å². The number of likely N-dealkylation sites (tertiary alicyclic amines) is 1. The molecular formula is C19H22FN3O. The molecule has 24 heavy (non-hydrogen) atoms. The fraction of sp³-hybridized carbons (Fsp3) is 0.368. The molecular weight excluding hydrogens is 305 g/mol. The molecule has 5 heteroatoms. The standard InChI is InChI=1S/C19H22FN3O/c20-18-12-17(6-9-21-18)19(24)22-13-16-8-11-23(14-16)10-7-15-4-2-1-3-5-15/h1-6,9,12,16H,7-8,10-11,13-14H2,(H,22,24). The van der Waals surface area contributed by atoms with Gasteiger partial charge in [-0.15, -0.1) is 0 Å². The molecule has 1 N–H and O–H groups in total. The van der Waals surface area contributed by atoms with Gasteiger partial charge in [0.05, 0.1) is 0 Å². The van der Waals surface area contributed by atoms with E-state index in [0.717, 1.165) is 38.5 Å². The van der Waals surface area contributed by atoms with E-state index in [-0.39, 0.29) is 5.91 Å². The molecule has 0 bridgehead atoms. The molecule has 126 valence electrons. The summed E-state index contributed by atoms with van der Waals surface area (Å²) in [5.74, 6) is -0.411. The van der Waals surface area contributed by atoms with Gasteiger partial charge in [0.15, 0.2) is 0 Å². The first kappa shape index (κ1) is 16.6. The highest BCUT2D eigenvalue weighted by Gasteiger charge is 2.22. The van der Waals surface area contributed by atoms with Gasteiger partial charge >= 0.3 is 0 Å². The van der Waals surface area contributed by atoms with Gasteiger partial charge in [0.1, 0.15) is 0 Å². The van der Waals surface area contributed by atoms with Crippen molar-refractivity contribution in [3.8, 4) is 0 Å². The van der Waals surface area contributed by atoms with E-state index < -0.39 is 5.95 Å². The van der Waals surface area contributed by atoms with E-state index in [4.69, 9.17) is 0 Å². The Morgan fingerprint density at radius 2 is 2.12 bits per heavy atom. The Bertz CT molecular complexity index is 677. The lowest BCUT2D eigenvalue weighted by atomic mass is 10.1. The number of aromatic nitrogens is 1. The fourth-order valence-electron chi connectivity index (χ4n) is 3.10. The Morgan fingerprint density at radius 1 is 1.29 bits per heavy atom. The second kappa shape index (κ2) is 8.02. The first-order valence-electron chi connectivity index (χ1n) is 8.37. The maximum atomic E-state index is 13.0. The summed E-state index contributed by atoms with van der Waals surface area (Å²) in [7, 11) is 0. The van der Waals surface area contributed by atoms with Gasteiger partial charge in [0.2, 0.25) is 5.95 Å². The molecule has 2 aromatic rings. The van der Waals surface area contributed by atoms with E-state index in [2.05, 4.69) is 39.5 Å². The number of amides is 1. The summed E-state index contributed by atoms with van der Waals surface area (Å²) in [5, 5.41) is 2.90. The zero-order chi connectivity index (χ0) is 16.8. The van der Waals surface area contributed by atoms with Crippen LogP contribution in [0.1, 0.15) is 22.3 Å². The fourth-order valence-corrected chi connectivity index (χ4v) is 3.10. The first-order valence-corrected chi connectivity index (χ1v) is 8.37. The summed E-state index contributed by atoms with van der Waals surface area (Å²) in [4.78, 5) is 17.9. The predicted molar refractivity (Wildman–Crippen MR) is 91.2 cm³/mol. The molecule has 1 aromatic carbocycles. The van der Waals surface area contributed by atoms with E-state index in [1.54, 1.807) is 0 Å². The summed E-state index contributed by atoms with van der Waals surface area (Å²) in [6.07, 6.45) is 3.45. The van der Waals surface area contributed by atoms with E-state index in [1.165, 1.54) is 17.8 Å². The molecule has 0 saturated carbocycles. The third kappa shape index (κ3) is 4.61. The Balaban J connectivity index is 1.40. The van der Waals surface area contributed by atoms with Crippen molar-refractivity contribution in [3.63, 3.8) is 0 Å². The van der Waals surface area contributed by atoms with Gasteiger partial charge < -0.3 is 10.2 Å². The van der Waals surface area contributed by atoms with Crippen LogP contribution in [-0.4, -0.2) is 42.0 Å². The third-order valence-electron chi connectivity index (χ3n) is 4.47. The molecule has 1 aromatic heterocycles. The zero-order valence-corrected chi connectivity index (χ0v) is 13.6. The van der Waals surface area contributed by atoms with E-state index in [1.807, 2.05) is 6.07 Å². The number of carbonyl (C=O) groups excluding carboxylic acids is 1. The van der Waals surface area contributed by atoms with Crippen LogP contribution in [0.25, 0.3) is 0 Å². The number of hydrogen-bond donors (Lipinski definition) is 1. The number of carbonyl (C=O) groups is 1. The van der Waals surface area contributed by atoms with Crippen LogP contribution in [0.15, 0.2) is 48.7 Å². The lowest BCUT2D eigenvalue weighted by Crippen LogP contribution is -2.31. The highest BCUT2D eigenvalue weighted by atomic mass is 19.1. The lowest BCUT2D eigenvalue weighted by Gasteiger charge is -2.16. The Morgan fingerprint density at radius 3 is 2.92 bits per heavy atom. The quantitative estimate of drug-likeness (QED) is 0.829. The molecule has 3 rings (SSSR count). The molecule has 1 atom stereocenters. The highest BCUT2D eigenvalue weighted by molar-refractivity contribution is 5.93. The van der Waals surface area contributed by atoms with E-state index >= 15 is 0 Å². The van der Waals surface area contributed by atoms with Crippen LogP contribution < -0.4 is 5.32 Å². The Kier molecular flexibility index (Phi) is 5.54. The molecule has 1 aliphatic heterocycles. The van der Waals surface area contributed by atoms with Gasteiger partial charge in [-0.2, -0.15) is 4.39 Å². The predicted octanol–water partition coefficient (Wildman–Crippen LogP) is 2.52. The van der Waals surface area contributed by atoms with Gasteiger partial charge in [-0.05, 0) is 36.9 Å². The second-order valence-corrected chi connectivity index (χ2v) is 6.27. The lowest BCUT2D eigenvalue weighted by molar-refractivity contribution is 0.0946. The van der Waals surface area contributed by atoms with Crippen LogP contribution in [-0.2, 0) is 6.42 Å². The van der Waals surface area contributed by atoms with Gasteiger partial charge in [-0.25, -0.2) is 4.98 Å². The van der Waals surface area contributed by atoms with Crippen LogP contribution >= 0.6 is 0 Å². The number of rotatable bonds is 6. The minimum Gasteiger partial charge on any atom is -0.352 e. The van der Waals surface area contributed by atoms with Crippen LogP contribution in [0, 0.1) is 11.9 Å². The largest absolute Gasteiger partial charge is 0.352 e. The SMILES string of the molecule is O=C(NCC1CCN(CCc2ccccc2)C1)c1ccnc(F)c1. The summed E-state index contributed by atoms with van der Waals surface area (Å²) in [6, 6.07) is 13.2. The van der Waals surface area contributed by atoms with Crippen molar-refractivity contribution in [1.82, 2.24) is 15.2 Å².